The van der Waals surface area contributed by atoms with Crippen LogP contribution in [0, 0.1) is 4.91 Å². The minimum Gasteiger partial charge on any atom is -0.508 e. The average Bonchev–Trinajstić information content (AvgIpc) is 2.35. The molecule has 0 fully saturated rings. The maximum Gasteiger partial charge on any atom is 0.115 e. The molecule has 0 aromatic heterocycles. The second-order valence-corrected chi connectivity index (χ2v) is 3.43. The van der Waals surface area contributed by atoms with Crippen molar-refractivity contribution < 1.29 is 10.2 Å². The molecule has 0 atom stereocenters. The van der Waals surface area contributed by atoms with Crippen LogP contribution in [0.1, 0.15) is 0 Å². The van der Waals surface area contributed by atoms with E-state index in [0.717, 1.165) is 0 Å². The number of aromatic hydroxyl groups is 2. The number of anilines is 2. The smallest absolute Gasteiger partial charge is 0.115 e. The first-order valence-corrected chi connectivity index (χ1v) is 4.92. The fourth-order valence-corrected chi connectivity index (χ4v) is 1.43. The Morgan fingerprint density at radius 3 is 1.41 bits per heavy atom. The minimum atomic E-state index is 0.116. The van der Waals surface area contributed by atoms with Gasteiger partial charge in [-0.1, -0.05) is 0 Å². The van der Waals surface area contributed by atoms with Crippen molar-refractivity contribution in [2.45, 2.75) is 0 Å². The molecule has 2 aromatic carbocycles. The van der Waals surface area contributed by atoms with Gasteiger partial charge < -0.3 is 10.2 Å². The number of rotatable bonds is 3. The Hall–Kier alpha value is -2.56. The third-order valence-corrected chi connectivity index (χ3v) is 2.27. The molecule has 0 radical (unpaired) electrons. The van der Waals surface area contributed by atoms with Gasteiger partial charge in [-0.2, -0.15) is 5.01 Å². The van der Waals surface area contributed by atoms with E-state index < -0.39 is 0 Å². The van der Waals surface area contributed by atoms with Crippen molar-refractivity contribution in [3.63, 3.8) is 0 Å². The number of hydrogen-bond acceptors (Lipinski definition) is 4. The summed E-state index contributed by atoms with van der Waals surface area (Å²) in [5.41, 5.74) is 1.06. The summed E-state index contributed by atoms with van der Waals surface area (Å²) >= 11 is 0. The minimum absolute atomic E-state index is 0.116. The van der Waals surface area contributed by atoms with Crippen LogP contribution in [0.4, 0.5) is 11.4 Å². The molecule has 0 heterocycles. The Morgan fingerprint density at radius 2 is 1.12 bits per heavy atom. The predicted octanol–water partition coefficient (Wildman–Crippen LogP) is 2.92. The van der Waals surface area contributed by atoms with Crippen molar-refractivity contribution in [1.29, 1.82) is 0 Å². The normalized spacial score (nSPS) is 9.88. The largest absolute Gasteiger partial charge is 0.508 e. The van der Waals surface area contributed by atoms with E-state index in [9.17, 15) is 4.91 Å². The zero-order chi connectivity index (χ0) is 12.3. The highest BCUT2D eigenvalue weighted by Crippen LogP contribution is 2.28. The second kappa shape index (κ2) is 4.52. The molecular formula is C12H10N2O3. The summed E-state index contributed by atoms with van der Waals surface area (Å²) in [7, 11) is 0. The number of phenols is 2. The molecule has 0 aliphatic rings. The Balaban J connectivity index is 2.36. The number of phenolic OH excluding ortho intramolecular Hbond substituents is 2. The summed E-state index contributed by atoms with van der Waals surface area (Å²) in [6.07, 6.45) is 0. The van der Waals surface area contributed by atoms with Gasteiger partial charge in [0.05, 0.1) is 16.7 Å². The van der Waals surface area contributed by atoms with E-state index in [-0.39, 0.29) is 11.5 Å². The first-order chi connectivity index (χ1) is 8.20. The summed E-state index contributed by atoms with van der Waals surface area (Å²) in [6.45, 7) is 0. The van der Waals surface area contributed by atoms with E-state index >= 15 is 0 Å². The molecule has 0 aliphatic heterocycles. The van der Waals surface area contributed by atoms with E-state index in [1.807, 2.05) is 0 Å². The molecule has 0 amide bonds. The van der Waals surface area contributed by atoms with E-state index in [4.69, 9.17) is 10.2 Å². The lowest BCUT2D eigenvalue weighted by Crippen LogP contribution is -2.06. The van der Waals surface area contributed by atoms with Gasteiger partial charge in [0.15, 0.2) is 0 Å². The molecule has 86 valence electrons. The van der Waals surface area contributed by atoms with Crippen molar-refractivity contribution in [1.82, 2.24) is 0 Å². The van der Waals surface area contributed by atoms with Gasteiger partial charge in [0, 0.05) is 0 Å². The van der Waals surface area contributed by atoms with Crippen LogP contribution in [0.2, 0.25) is 0 Å². The monoisotopic (exact) mass is 230 g/mol. The lowest BCUT2D eigenvalue weighted by Gasteiger charge is -2.15. The zero-order valence-corrected chi connectivity index (χ0v) is 8.82. The summed E-state index contributed by atoms with van der Waals surface area (Å²) in [6, 6.07) is 12.2. The number of nitrogens with zero attached hydrogens (tertiary/aromatic N) is 2. The quantitative estimate of drug-likeness (QED) is 0.628. The van der Waals surface area contributed by atoms with Crippen molar-refractivity contribution in [2.24, 2.45) is 5.29 Å². The molecule has 0 spiro atoms. The summed E-state index contributed by atoms with van der Waals surface area (Å²) in [4.78, 5) is 10.8. The standard InChI is InChI=1S/C12H10N2O3/c15-11-5-1-9(2-6-11)14(13-17)10-3-7-12(16)8-4-10/h1-8,15-16H. The van der Waals surface area contributed by atoms with Crippen LogP contribution < -0.4 is 5.01 Å². The predicted molar refractivity (Wildman–Crippen MR) is 64.1 cm³/mol. The number of hydrogen-bond donors (Lipinski definition) is 2. The van der Waals surface area contributed by atoms with Gasteiger partial charge in [0.2, 0.25) is 0 Å². The van der Waals surface area contributed by atoms with Gasteiger partial charge in [0.25, 0.3) is 0 Å². The van der Waals surface area contributed by atoms with Crippen LogP contribution >= 0.6 is 0 Å². The van der Waals surface area contributed by atoms with Crippen LogP contribution in [-0.2, 0) is 0 Å². The maximum atomic E-state index is 10.8. The molecule has 2 aromatic rings. The topological polar surface area (TPSA) is 73.1 Å². The van der Waals surface area contributed by atoms with Crippen molar-refractivity contribution in [3.05, 3.63) is 53.4 Å². The van der Waals surface area contributed by atoms with Gasteiger partial charge in [-0.15, -0.1) is 4.91 Å². The van der Waals surface area contributed by atoms with Crippen molar-refractivity contribution in [2.75, 3.05) is 5.01 Å². The summed E-state index contributed by atoms with van der Waals surface area (Å²) in [5.74, 6) is 0.232. The molecule has 0 aliphatic carbocycles. The molecule has 0 bridgehead atoms. The van der Waals surface area contributed by atoms with Gasteiger partial charge in [-0.25, -0.2) is 0 Å². The Kier molecular flexibility index (Phi) is 2.91. The summed E-state index contributed by atoms with van der Waals surface area (Å²) < 4.78 is 0. The third-order valence-electron chi connectivity index (χ3n) is 2.27. The Labute approximate surface area is 97.5 Å². The Bertz CT molecular complexity index is 463. The highest BCUT2D eigenvalue weighted by Gasteiger charge is 2.09. The molecule has 2 N–H and O–H groups in total. The molecule has 0 saturated heterocycles. The van der Waals surface area contributed by atoms with Crippen LogP contribution in [-0.4, -0.2) is 10.2 Å². The van der Waals surface area contributed by atoms with Crippen LogP contribution in [0.15, 0.2) is 53.8 Å². The van der Waals surface area contributed by atoms with E-state index in [1.165, 1.54) is 29.3 Å². The maximum absolute atomic E-state index is 10.8. The van der Waals surface area contributed by atoms with Crippen LogP contribution in [0.25, 0.3) is 0 Å². The Morgan fingerprint density at radius 1 is 0.765 bits per heavy atom. The van der Waals surface area contributed by atoms with Crippen LogP contribution in [0.5, 0.6) is 11.5 Å². The van der Waals surface area contributed by atoms with Gasteiger partial charge >= 0.3 is 0 Å². The molecule has 5 nitrogen and oxygen atoms in total. The molecule has 5 heteroatoms. The lowest BCUT2D eigenvalue weighted by atomic mass is 10.2. The van der Waals surface area contributed by atoms with Crippen LogP contribution in [0.3, 0.4) is 0 Å². The van der Waals surface area contributed by atoms with E-state index in [2.05, 4.69) is 5.29 Å². The third kappa shape index (κ3) is 2.34. The van der Waals surface area contributed by atoms with Gasteiger partial charge in [-0.3, -0.25) is 0 Å². The first kappa shape index (κ1) is 10.9. The lowest BCUT2D eigenvalue weighted by molar-refractivity contribution is 0.475. The van der Waals surface area contributed by atoms with Crippen molar-refractivity contribution in [3.8, 4) is 11.5 Å². The average molecular weight is 230 g/mol. The highest BCUT2D eigenvalue weighted by molar-refractivity contribution is 5.63. The fraction of sp³-hybridized carbons (Fsp3) is 0. The van der Waals surface area contributed by atoms with E-state index in [1.54, 1.807) is 24.3 Å². The highest BCUT2D eigenvalue weighted by atomic mass is 16.3. The summed E-state index contributed by atoms with van der Waals surface area (Å²) in [5, 5.41) is 22.4. The molecule has 0 unspecified atom stereocenters. The van der Waals surface area contributed by atoms with Crippen molar-refractivity contribution >= 4 is 11.4 Å². The first-order valence-electron chi connectivity index (χ1n) is 4.92. The number of benzene rings is 2. The zero-order valence-electron chi connectivity index (χ0n) is 8.82. The number of nitroso groups, excluding NO2 is 1. The second-order valence-electron chi connectivity index (χ2n) is 3.43. The molecule has 0 saturated carbocycles. The molecular weight excluding hydrogens is 220 g/mol. The van der Waals surface area contributed by atoms with Gasteiger partial charge in [-0.05, 0) is 48.5 Å². The van der Waals surface area contributed by atoms with E-state index in [0.29, 0.717) is 11.4 Å². The molecule has 17 heavy (non-hydrogen) atoms. The van der Waals surface area contributed by atoms with Gasteiger partial charge in [0.1, 0.15) is 11.5 Å². The fourth-order valence-electron chi connectivity index (χ4n) is 1.43. The molecule has 2 rings (SSSR count). The SMILES string of the molecule is O=NN(c1ccc(O)cc1)c1ccc(O)cc1.